The van der Waals surface area contributed by atoms with Crippen LogP contribution in [-0.2, 0) is 0 Å². The zero-order valence-electron chi connectivity index (χ0n) is 8.20. The van der Waals surface area contributed by atoms with Crippen LogP contribution in [0.15, 0.2) is 12.4 Å². The Balaban J connectivity index is 2.21. The van der Waals surface area contributed by atoms with Gasteiger partial charge in [-0.15, -0.1) is 0 Å². The molecule has 0 radical (unpaired) electrons. The van der Waals surface area contributed by atoms with E-state index >= 15 is 0 Å². The Morgan fingerprint density at radius 3 is 2.77 bits per heavy atom. The first-order valence-corrected chi connectivity index (χ1v) is 4.80. The number of hydrogen-bond acceptors (Lipinski definition) is 3. The smallest absolute Gasteiger partial charge is 0.150 e. The zero-order chi connectivity index (χ0) is 9.26. The molecule has 1 aliphatic heterocycles. The van der Waals surface area contributed by atoms with Gasteiger partial charge in [-0.1, -0.05) is 6.92 Å². The largest absolute Gasteiger partial charge is 0.355 e. The minimum atomic E-state index is 0.793. The summed E-state index contributed by atoms with van der Waals surface area (Å²) in [6, 6.07) is 0. The van der Waals surface area contributed by atoms with Gasteiger partial charge in [0.05, 0.1) is 5.69 Å². The maximum atomic E-state index is 4.36. The van der Waals surface area contributed by atoms with Gasteiger partial charge in [0.2, 0.25) is 0 Å². The molecule has 0 spiro atoms. The van der Waals surface area contributed by atoms with E-state index in [9.17, 15) is 0 Å². The summed E-state index contributed by atoms with van der Waals surface area (Å²) in [5.74, 6) is 1.85. The average Bonchev–Trinajstić information content (AvgIpc) is 2.53. The fraction of sp³-hybridized carbons (Fsp3) is 0.600. The van der Waals surface area contributed by atoms with Gasteiger partial charge < -0.3 is 4.90 Å². The van der Waals surface area contributed by atoms with Crippen LogP contribution < -0.4 is 4.90 Å². The zero-order valence-corrected chi connectivity index (χ0v) is 8.20. The number of hydrogen-bond donors (Lipinski definition) is 0. The van der Waals surface area contributed by atoms with E-state index in [4.69, 9.17) is 0 Å². The Hall–Kier alpha value is -1.12. The lowest BCUT2D eigenvalue weighted by Crippen LogP contribution is -2.21. The van der Waals surface area contributed by atoms with Gasteiger partial charge in [-0.2, -0.15) is 0 Å². The third-order valence-corrected chi connectivity index (χ3v) is 2.58. The highest BCUT2D eigenvalue weighted by atomic mass is 15.2. The molecule has 1 fully saturated rings. The highest BCUT2D eigenvalue weighted by molar-refractivity contribution is 5.43. The van der Waals surface area contributed by atoms with Crippen molar-refractivity contribution >= 4 is 5.82 Å². The van der Waals surface area contributed by atoms with Crippen molar-refractivity contribution in [2.75, 3.05) is 18.0 Å². The van der Waals surface area contributed by atoms with Crippen molar-refractivity contribution in [3.63, 3.8) is 0 Å². The highest BCUT2D eigenvalue weighted by Gasteiger charge is 2.20. The minimum Gasteiger partial charge on any atom is -0.355 e. The summed E-state index contributed by atoms with van der Waals surface area (Å²) < 4.78 is 0. The fourth-order valence-electron chi connectivity index (χ4n) is 1.84. The molecule has 0 bridgehead atoms. The number of anilines is 1. The second-order valence-electron chi connectivity index (χ2n) is 3.81. The standard InChI is InChI=1S/C10H15N3/c1-8-3-6-13(7-8)10-9(2)11-4-5-12-10/h4-5,8H,3,6-7H2,1-2H3. The number of rotatable bonds is 1. The molecular weight excluding hydrogens is 162 g/mol. The van der Waals surface area contributed by atoms with Crippen LogP contribution in [0, 0.1) is 12.8 Å². The van der Waals surface area contributed by atoms with Gasteiger partial charge in [0.25, 0.3) is 0 Å². The molecule has 2 heterocycles. The Labute approximate surface area is 78.8 Å². The topological polar surface area (TPSA) is 29.0 Å². The van der Waals surface area contributed by atoms with E-state index in [1.165, 1.54) is 6.42 Å². The molecule has 0 aliphatic carbocycles. The monoisotopic (exact) mass is 177 g/mol. The quantitative estimate of drug-likeness (QED) is 0.653. The lowest BCUT2D eigenvalue weighted by molar-refractivity contribution is 0.658. The van der Waals surface area contributed by atoms with Gasteiger partial charge in [-0.3, -0.25) is 4.98 Å². The van der Waals surface area contributed by atoms with Crippen LogP contribution in [-0.4, -0.2) is 23.1 Å². The third-order valence-electron chi connectivity index (χ3n) is 2.58. The first-order valence-electron chi connectivity index (χ1n) is 4.80. The van der Waals surface area contributed by atoms with Crippen molar-refractivity contribution in [1.82, 2.24) is 9.97 Å². The van der Waals surface area contributed by atoms with Crippen LogP contribution in [0.3, 0.4) is 0 Å². The molecule has 0 amide bonds. The SMILES string of the molecule is Cc1nccnc1N1CCC(C)C1. The first kappa shape index (κ1) is 8.48. The minimum absolute atomic E-state index is 0.793. The summed E-state index contributed by atoms with van der Waals surface area (Å²) in [5, 5.41) is 0. The molecule has 0 N–H and O–H groups in total. The lowest BCUT2D eigenvalue weighted by Gasteiger charge is -2.17. The van der Waals surface area contributed by atoms with Crippen LogP contribution in [0.2, 0.25) is 0 Å². The van der Waals surface area contributed by atoms with Gasteiger partial charge >= 0.3 is 0 Å². The normalized spacial score (nSPS) is 22.3. The second-order valence-corrected chi connectivity index (χ2v) is 3.81. The Morgan fingerprint density at radius 1 is 1.38 bits per heavy atom. The van der Waals surface area contributed by atoms with Gasteiger partial charge in [-0.25, -0.2) is 4.98 Å². The lowest BCUT2D eigenvalue weighted by atomic mass is 10.2. The molecule has 1 aliphatic rings. The van der Waals surface area contributed by atoms with Gasteiger partial charge in [0.15, 0.2) is 0 Å². The molecule has 3 heteroatoms. The Morgan fingerprint density at radius 2 is 2.15 bits per heavy atom. The van der Waals surface area contributed by atoms with E-state index in [-0.39, 0.29) is 0 Å². The van der Waals surface area contributed by atoms with E-state index in [0.29, 0.717) is 0 Å². The molecule has 3 nitrogen and oxygen atoms in total. The van der Waals surface area contributed by atoms with Crippen molar-refractivity contribution in [2.45, 2.75) is 20.3 Å². The van der Waals surface area contributed by atoms with Crippen molar-refractivity contribution in [1.29, 1.82) is 0 Å². The molecule has 0 saturated carbocycles. The van der Waals surface area contributed by atoms with E-state index < -0.39 is 0 Å². The van der Waals surface area contributed by atoms with Crippen LogP contribution in [0.5, 0.6) is 0 Å². The summed E-state index contributed by atoms with van der Waals surface area (Å²) in [5.41, 5.74) is 1.04. The number of aryl methyl sites for hydroxylation is 1. The van der Waals surface area contributed by atoms with Gasteiger partial charge in [-0.05, 0) is 19.3 Å². The molecule has 1 atom stereocenters. The summed E-state index contributed by atoms with van der Waals surface area (Å²) in [4.78, 5) is 10.9. The van der Waals surface area contributed by atoms with Crippen molar-refractivity contribution in [3.05, 3.63) is 18.1 Å². The second kappa shape index (κ2) is 3.32. The van der Waals surface area contributed by atoms with E-state index in [1.807, 2.05) is 6.92 Å². The van der Waals surface area contributed by atoms with E-state index in [1.54, 1.807) is 12.4 Å². The molecule has 13 heavy (non-hydrogen) atoms. The summed E-state index contributed by atoms with van der Waals surface area (Å²) >= 11 is 0. The predicted octanol–water partition coefficient (Wildman–Crippen LogP) is 1.63. The van der Waals surface area contributed by atoms with Crippen molar-refractivity contribution < 1.29 is 0 Å². The maximum absolute atomic E-state index is 4.36. The molecule has 1 unspecified atom stereocenters. The average molecular weight is 177 g/mol. The van der Waals surface area contributed by atoms with E-state index in [2.05, 4.69) is 21.8 Å². The molecule has 1 aromatic rings. The third kappa shape index (κ3) is 1.64. The predicted molar refractivity (Wildman–Crippen MR) is 52.8 cm³/mol. The highest BCUT2D eigenvalue weighted by Crippen LogP contribution is 2.22. The fourth-order valence-corrected chi connectivity index (χ4v) is 1.84. The molecule has 0 aromatic carbocycles. The van der Waals surface area contributed by atoms with Crippen molar-refractivity contribution in [2.24, 2.45) is 5.92 Å². The molecule has 1 aromatic heterocycles. The van der Waals surface area contributed by atoms with E-state index in [0.717, 1.165) is 30.5 Å². The summed E-state index contributed by atoms with van der Waals surface area (Å²) in [7, 11) is 0. The van der Waals surface area contributed by atoms with Gasteiger partial charge in [0, 0.05) is 25.5 Å². The summed E-state index contributed by atoms with van der Waals surface area (Å²) in [6.45, 7) is 6.55. The Kier molecular flexibility index (Phi) is 2.17. The number of aromatic nitrogens is 2. The van der Waals surface area contributed by atoms with Crippen molar-refractivity contribution in [3.8, 4) is 0 Å². The molecule has 2 rings (SSSR count). The maximum Gasteiger partial charge on any atom is 0.150 e. The first-order chi connectivity index (χ1) is 6.27. The van der Waals surface area contributed by atoms with Gasteiger partial charge in [0.1, 0.15) is 5.82 Å². The summed E-state index contributed by atoms with van der Waals surface area (Å²) in [6.07, 6.45) is 4.79. The van der Waals surface area contributed by atoms with Crippen LogP contribution >= 0.6 is 0 Å². The molecular formula is C10H15N3. The Bertz CT molecular complexity index is 298. The molecule has 1 saturated heterocycles. The number of nitrogens with zero attached hydrogens (tertiary/aromatic N) is 3. The van der Waals surface area contributed by atoms with Crippen LogP contribution in [0.1, 0.15) is 19.0 Å². The molecule has 70 valence electrons. The van der Waals surface area contributed by atoms with Crippen LogP contribution in [0.4, 0.5) is 5.82 Å². The van der Waals surface area contributed by atoms with Crippen LogP contribution in [0.25, 0.3) is 0 Å².